The Labute approximate surface area is 128 Å². The Kier molecular flexibility index (Phi) is 6.18. The third-order valence-electron chi connectivity index (χ3n) is 3.95. The summed E-state index contributed by atoms with van der Waals surface area (Å²) in [5, 5.41) is 3.60. The number of rotatable bonds is 6. The van der Waals surface area contributed by atoms with Crippen LogP contribution in [0.25, 0.3) is 0 Å². The molecule has 0 saturated carbocycles. The molecular formula is C17H28N2O2. The van der Waals surface area contributed by atoms with Gasteiger partial charge in [-0.25, -0.2) is 0 Å². The molecule has 1 atom stereocenters. The van der Waals surface area contributed by atoms with Gasteiger partial charge in [0.05, 0.1) is 13.2 Å². The van der Waals surface area contributed by atoms with Crippen LogP contribution in [0.4, 0.5) is 5.69 Å². The number of ether oxygens (including phenoxy) is 2. The molecule has 1 aromatic rings. The van der Waals surface area contributed by atoms with Crippen molar-refractivity contribution in [1.29, 1.82) is 0 Å². The predicted octanol–water partition coefficient (Wildman–Crippen LogP) is 3.06. The van der Waals surface area contributed by atoms with Gasteiger partial charge < -0.3 is 19.7 Å². The number of hydrogen-bond acceptors (Lipinski definition) is 4. The predicted molar refractivity (Wildman–Crippen MR) is 87.7 cm³/mol. The van der Waals surface area contributed by atoms with E-state index >= 15 is 0 Å². The molecule has 1 fully saturated rings. The molecule has 1 aromatic carbocycles. The standard InChI is InChI=1S/C17H28N2O2/c1-4-14-9-11-19(12-10-18-14)15-7-8-16(20-5-2)17(13-15)21-6-3/h7-8,13-14,18H,4-6,9-12H2,1-3H3. The van der Waals surface area contributed by atoms with Crippen molar-refractivity contribution in [3.8, 4) is 11.5 Å². The average Bonchev–Trinajstić information content (AvgIpc) is 2.75. The molecule has 1 unspecified atom stereocenters. The number of nitrogens with one attached hydrogen (secondary N) is 1. The maximum atomic E-state index is 5.73. The minimum atomic E-state index is 0.643. The molecule has 0 radical (unpaired) electrons. The highest BCUT2D eigenvalue weighted by molar-refractivity contribution is 5.56. The Morgan fingerprint density at radius 1 is 1.10 bits per heavy atom. The fraction of sp³-hybridized carbons (Fsp3) is 0.647. The van der Waals surface area contributed by atoms with Crippen LogP contribution in [0, 0.1) is 0 Å². The van der Waals surface area contributed by atoms with Gasteiger partial charge in [0, 0.05) is 37.4 Å². The maximum Gasteiger partial charge on any atom is 0.163 e. The van der Waals surface area contributed by atoms with Gasteiger partial charge in [-0.3, -0.25) is 0 Å². The van der Waals surface area contributed by atoms with Gasteiger partial charge in [0.1, 0.15) is 0 Å². The fourth-order valence-corrected chi connectivity index (χ4v) is 2.77. The molecule has 1 heterocycles. The molecule has 4 nitrogen and oxygen atoms in total. The summed E-state index contributed by atoms with van der Waals surface area (Å²) in [5.41, 5.74) is 1.22. The van der Waals surface area contributed by atoms with Crippen LogP contribution in [0.3, 0.4) is 0 Å². The van der Waals surface area contributed by atoms with E-state index in [0.29, 0.717) is 19.3 Å². The van der Waals surface area contributed by atoms with Gasteiger partial charge in [-0.1, -0.05) is 6.92 Å². The minimum absolute atomic E-state index is 0.643. The van der Waals surface area contributed by atoms with Gasteiger partial charge in [0.25, 0.3) is 0 Å². The average molecular weight is 292 g/mol. The molecule has 1 N–H and O–H groups in total. The van der Waals surface area contributed by atoms with Gasteiger partial charge in [-0.15, -0.1) is 0 Å². The first-order valence-corrected chi connectivity index (χ1v) is 8.16. The zero-order valence-corrected chi connectivity index (χ0v) is 13.5. The summed E-state index contributed by atoms with van der Waals surface area (Å²) in [6.45, 7) is 10.7. The highest BCUT2D eigenvalue weighted by Gasteiger charge is 2.16. The van der Waals surface area contributed by atoms with Crippen LogP contribution < -0.4 is 19.7 Å². The van der Waals surface area contributed by atoms with Gasteiger partial charge in [0.2, 0.25) is 0 Å². The summed E-state index contributed by atoms with van der Waals surface area (Å²) in [5.74, 6) is 1.68. The van der Waals surface area contributed by atoms with Gasteiger partial charge in [0.15, 0.2) is 11.5 Å². The monoisotopic (exact) mass is 292 g/mol. The summed E-state index contributed by atoms with van der Waals surface area (Å²) in [7, 11) is 0. The van der Waals surface area contributed by atoms with Crippen LogP contribution in [0.15, 0.2) is 18.2 Å². The Morgan fingerprint density at radius 3 is 2.57 bits per heavy atom. The first-order valence-electron chi connectivity index (χ1n) is 8.16. The van der Waals surface area contributed by atoms with E-state index in [1.165, 1.54) is 18.5 Å². The van der Waals surface area contributed by atoms with Crippen LogP contribution in [-0.2, 0) is 0 Å². The topological polar surface area (TPSA) is 33.7 Å². The van der Waals surface area contributed by atoms with Crippen LogP contribution in [0.2, 0.25) is 0 Å². The molecular weight excluding hydrogens is 264 g/mol. The van der Waals surface area contributed by atoms with Crippen LogP contribution >= 0.6 is 0 Å². The quantitative estimate of drug-likeness (QED) is 0.873. The minimum Gasteiger partial charge on any atom is -0.490 e. The molecule has 118 valence electrons. The Balaban J connectivity index is 2.13. The normalized spacial score (nSPS) is 19.2. The number of anilines is 1. The van der Waals surface area contributed by atoms with Crippen molar-refractivity contribution in [3.63, 3.8) is 0 Å². The smallest absolute Gasteiger partial charge is 0.163 e. The zero-order chi connectivity index (χ0) is 15.1. The van der Waals surface area contributed by atoms with Gasteiger partial charge in [-0.2, -0.15) is 0 Å². The molecule has 0 bridgehead atoms. The van der Waals surface area contributed by atoms with E-state index < -0.39 is 0 Å². The Bertz CT molecular complexity index is 437. The van der Waals surface area contributed by atoms with E-state index in [1.54, 1.807) is 0 Å². The zero-order valence-electron chi connectivity index (χ0n) is 13.5. The number of hydrogen-bond donors (Lipinski definition) is 1. The summed E-state index contributed by atoms with van der Waals surface area (Å²) < 4.78 is 11.4. The molecule has 0 amide bonds. The van der Waals surface area contributed by atoms with Crippen LogP contribution in [-0.4, -0.2) is 38.9 Å². The Hall–Kier alpha value is -1.42. The van der Waals surface area contributed by atoms with E-state index in [4.69, 9.17) is 9.47 Å². The van der Waals surface area contributed by atoms with Gasteiger partial charge >= 0.3 is 0 Å². The summed E-state index contributed by atoms with van der Waals surface area (Å²) in [6, 6.07) is 6.92. The molecule has 1 aliphatic heterocycles. The third-order valence-corrected chi connectivity index (χ3v) is 3.95. The van der Waals surface area contributed by atoms with E-state index in [2.05, 4.69) is 29.3 Å². The SMILES string of the molecule is CCOc1ccc(N2CCNC(CC)CC2)cc1OCC. The van der Waals surface area contributed by atoms with Crippen LogP contribution in [0.1, 0.15) is 33.6 Å². The molecule has 1 saturated heterocycles. The van der Waals surface area contributed by atoms with Gasteiger partial charge in [-0.05, 0) is 38.8 Å². The van der Waals surface area contributed by atoms with E-state index in [1.807, 2.05) is 19.9 Å². The lowest BCUT2D eigenvalue weighted by Crippen LogP contribution is -2.30. The van der Waals surface area contributed by atoms with Crippen molar-refractivity contribution in [2.24, 2.45) is 0 Å². The molecule has 0 aromatic heterocycles. The highest BCUT2D eigenvalue weighted by atomic mass is 16.5. The largest absolute Gasteiger partial charge is 0.490 e. The van der Waals surface area contributed by atoms with Crippen molar-refractivity contribution < 1.29 is 9.47 Å². The van der Waals surface area contributed by atoms with Crippen molar-refractivity contribution in [2.45, 2.75) is 39.7 Å². The first kappa shape index (κ1) is 16.0. The van der Waals surface area contributed by atoms with Crippen molar-refractivity contribution in [2.75, 3.05) is 37.7 Å². The fourth-order valence-electron chi connectivity index (χ4n) is 2.77. The lowest BCUT2D eigenvalue weighted by Gasteiger charge is -2.24. The number of nitrogens with zero attached hydrogens (tertiary/aromatic N) is 1. The van der Waals surface area contributed by atoms with E-state index in [0.717, 1.165) is 31.1 Å². The van der Waals surface area contributed by atoms with E-state index in [-0.39, 0.29) is 0 Å². The lowest BCUT2D eigenvalue weighted by molar-refractivity contribution is 0.288. The van der Waals surface area contributed by atoms with Crippen LogP contribution in [0.5, 0.6) is 11.5 Å². The molecule has 1 aliphatic rings. The second-order valence-corrected chi connectivity index (χ2v) is 5.33. The molecule has 0 spiro atoms. The summed E-state index contributed by atoms with van der Waals surface area (Å²) in [4.78, 5) is 2.43. The molecule has 4 heteroatoms. The molecule has 21 heavy (non-hydrogen) atoms. The third kappa shape index (κ3) is 4.27. The van der Waals surface area contributed by atoms with E-state index in [9.17, 15) is 0 Å². The Morgan fingerprint density at radius 2 is 1.86 bits per heavy atom. The summed E-state index contributed by atoms with van der Waals surface area (Å²) in [6.07, 6.45) is 2.38. The summed E-state index contributed by atoms with van der Waals surface area (Å²) >= 11 is 0. The van der Waals surface area contributed by atoms with Crippen molar-refractivity contribution in [3.05, 3.63) is 18.2 Å². The molecule has 2 rings (SSSR count). The van der Waals surface area contributed by atoms with Crippen molar-refractivity contribution in [1.82, 2.24) is 5.32 Å². The second kappa shape index (κ2) is 8.13. The lowest BCUT2D eigenvalue weighted by atomic mass is 10.1. The van der Waals surface area contributed by atoms with Crippen molar-refractivity contribution >= 4 is 5.69 Å². The highest BCUT2D eigenvalue weighted by Crippen LogP contribution is 2.32. The molecule has 0 aliphatic carbocycles. The second-order valence-electron chi connectivity index (χ2n) is 5.33. The number of benzene rings is 1. The first-order chi connectivity index (χ1) is 10.3. The maximum absolute atomic E-state index is 5.73.